The molecule has 33 heavy (non-hydrogen) atoms. The Labute approximate surface area is 191 Å². The SMILES string of the molecule is Cc1nc([C@H]2CCCN(C(=O)c3cccnc3N)C2)ncc1C(=O)NCc1ccc(F)cc1. The summed E-state index contributed by atoms with van der Waals surface area (Å²) in [6.45, 7) is 3.15. The number of hydrogen-bond donors (Lipinski definition) is 2. The maximum atomic E-state index is 13.0. The van der Waals surface area contributed by atoms with E-state index in [-0.39, 0.29) is 35.9 Å². The summed E-state index contributed by atoms with van der Waals surface area (Å²) in [5.41, 5.74) is 8.00. The third-order valence-electron chi connectivity index (χ3n) is 5.75. The molecule has 170 valence electrons. The summed E-state index contributed by atoms with van der Waals surface area (Å²) in [5, 5.41) is 2.81. The van der Waals surface area contributed by atoms with Crippen molar-refractivity contribution in [2.45, 2.75) is 32.2 Å². The van der Waals surface area contributed by atoms with Crippen molar-refractivity contribution in [2.24, 2.45) is 0 Å². The Hall–Kier alpha value is -3.88. The number of nitrogens with one attached hydrogen (secondary N) is 1. The van der Waals surface area contributed by atoms with Gasteiger partial charge in [0.15, 0.2) is 0 Å². The summed E-state index contributed by atoms with van der Waals surface area (Å²) in [6.07, 6.45) is 4.75. The second kappa shape index (κ2) is 9.72. The number of benzene rings is 1. The minimum absolute atomic E-state index is 0.0318. The van der Waals surface area contributed by atoms with Crippen molar-refractivity contribution in [3.63, 3.8) is 0 Å². The zero-order valence-corrected chi connectivity index (χ0v) is 18.3. The van der Waals surface area contributed by atoms with Gasteiger partial charge >= 0.3 is 0 Å². The fourth-order valence-electron chi connectivity index (χ4n) is 3.93. The highest BCUT2D eigenvalue weighted by Gasteiger charge is 2.28. The predicted molar refractivity (Wildman–Crippen MR) is 121 cm³/mol. The summed E-state index contributed by atoms with van der Waals surface area (Å²) in [5.74, 6) is 0.0223. The van der Waals surface area contributed by atoms with Crippen LogP contribution in [0.1, 0.15) is 56.6 Å². The number of carbonyl (C=O) groups is 2. The Morgan fingerprint density at radius 2 is 1.97 bits per heavy atom. The van der Waals surface area contributed by atoms with E-state index in [4.69, 9.17) is 5.73 Å². The molecule has 3 heterocycles. The molecule has 1 aliphatic rings. The topological polar surface area (TPSA) is 114 Å². The van der Waals surface area contributed by atoms with E-state index in [2.05, 4.69) is 20.3 Å². The fourth-order valence-corrected chi connectivity index (χ4v) is 3.93. The number of piperidine rings is 1. The molecule has 2 amide bonds. The van der Waals surface area contributed by atoms with Crippen LogP contribution in [0.15, 0.2) is 48.8 Å². The number of likely N-dealkylation sites (tertiary alicyclic amines) is 1. The second-order valence-corrected chi connectivity index (χ2v) is 8.06. The van der Waals surface area contributed by atoms with Crippen LogP contribution in [0, 0.1) is 12.7 Å². The van der Waals surface area contributed by atoms with Gasteiger partial charge < -0.3 is 16.0 Å². The maximum Gasteiger partial charge on any atom is 0.257 e. The molecule has 3 N–H and O–H groups in total. The van der Waals surface area contributed by atoms with E-state index in [1.165, 1.54) is 18.3 Å². The summed E-state index contributed by atoms with van der Waals surface area (Å²) in [4.78, 5) is 40.3. The Morgan fingerprint density at radius 3 is 2.70 bits per heavy atom. The molecular weight excluding hydrogens is 423 g/mol. The molecule has 1 atom stereocenters. The van der Waals surface area contributed by atoms with Gasteiger partial charge in [0.2, 0.25) is 0 Å². The van der Waals surface area contributed by atoms with Crippen molar-refractivity contribution in [3.8, 4) is 0 Å². The molecule has 1 saturated heterocycles. The summed E-state index contributed by atoms with van der Waals surface area (Å²) >= 11 is 0. The first kappa shape index (κ1) is 22.3. The van der Waals surface area contributed by atoms with E-state index in [0.717, 1.165) is 18.4 Å². The first-order valence-corrected chi connectivity index (χ1v) is 10.8. The monoisotopic (exact) mass is 448 g/mol. The summed E-state index contributed by atoms with van der Waals surface area (Å²) < 4.78 is 13.0. The number of halogens is 1. The van der Waals surface area contributed by atoms with E-state index >= 15 is 0 Å². The summed E-state index contributed by atoms with van der Waals surface area (Å²) in [7, 11) is 0. The average Bonchev–Trinajstić information content (AvgIpc) is 2.83. The van der Waals surface area contributed by atoms with Crippen molar-refractivity contribution in [3.05, 3.63) is 82.8 Å². The Balaban J connectivity index is 1.42. The predicted octanol–water partition coefficient (Wildman–Crippen LogP) is 2.85. The number of nitrogens with two attached hydrogens (primary N) is 1. The van der Waals surface area contributed by atoms with Crippen molar-refractivity contribution >= 4 is 17.6 Å². The normalized spacial score (nSPS) is 15.8. The van der Waals surface area contributed by atoms with E-state index < -0.39 is 0 Å². The number of pyridine rings is 1. The molecule has 4 rings (SSSR count). The zero-order valence-electron chi connectivity index (χ0n) is 18.3. The highest BCUT2D eigenvalue weighted by molar-refractivity contribution is 5.98. The van der Waals surface area contributed by atoms with Crippen LogP contribution in [-0.2, 0) is 6.54 Å². The molecule has 0 radical (unpaired) electrons. The summed E-state index contributed by atoms with van der Waals surface area (Å²) in [6, 6.07) is 9.32. The number of aromatic nitrogens is 3. The first-order chi connectivity index (χ1) is 15.9. The third-order valence-corrected chi connectivity index (χ3v) is 5.75. The number of nitrogens with zero attached hydrogens (tertiary/aromatic N) is 4. The lowest BCUT2D eigenvalue weighted by Gasteiger charge is -2.32. The van der Waals surface area contributed by atoms with Gasteiger partial charge in [0.1, 0.15) is 17.5 Å². The molecule has 2 aromatic heterocycles. The van der Waals surface area contributed by atoms with E-state index in [9.17, 15) is 14.0 Å². The molecule has 1 fully saturated rings. The molecule has 0 spiro atoms. The largest absolute Gasteiger partial charge is 0.383 e. The number of carbonyl (C=O) groups excluding carboxylic acids is 2. The highest BCUT2D eigenvalue weighted by atomic mass is 19.1. The van der Waals surface area contributed by atoms with Crippen LogP contribution < -0.4 is 11.1 Å². The van der Waals surface area contributed by atoms with Crippen molar-refractivity contribution in [1.82, 2.24) is 25.2 Å². The third kappa shape index (κ3) is 5.14. The van der Waals surface area contributed by atoms with Crippen LogP contribution in [0.25, 0.3) is 0 Å². The average molecular weight is 449 g/mol. The number of hydrogen-bond acceptors (Lipinski definition) is 6. The van der Waals surface area contributed by atoms with Gasteiger partial charge in [0, 0.05) is 37.9 Å². The number of aryl methyl sites for hydroxylation is 1. The molecule has 0 bridgehead atoms. The molecule has 3 aromatic rings. The lowest BCUT2D eigenvalue weighted by molar-refractivity contribution is 0.0705. The van der Waals surface area contributed by atoms with Crippen LogP contribution in [0.3, 0.4) is 0 Å². The number of nitrogen functional groups attached to an aromatic ring is 1. The van der Waals surface area contributed by atoms with Crippen LogP contribution in [-0.4, -0.2) is 44.8 Å². The van der Waals surface area contributed by atoms with E-state index in [1.54, 1.807) is 42.3 Å². The van der Waals surface area contributed by atoms with Crippen LogP contribution >= 0.6 is 0 Å². The number of rotatable bonds is 5. The van der Waals surface area contributed by atoms with Gasteiger partial charge in [-0.1, -0.05) is 12.1 Å². The van der Waals surface area contributed by atoms with Gasteiger partial charge in [0.05, 0.1) is 16.8 Å². The van der Waals surface area contributed by atoms with Gasteiger partial charge in [-0.15, -0.1) is 0 Å². The van der Waals surface area contributed by atoms with E-state index in [0.29, 0.717) is 35.7 Å². The minimum atomic E-state index is -0.322. The van der Waals surface area contributed by atoms with Crippen molar-refractivity contribution in [1.29, 1.82) is 0 Å². The minimum Gasteiger partial charge on any atom is -0.383 e. The fraction of sp³-hybridized carbons (Fsp3) is 0.292. The molecule has 1 aromatic carbocycles. The number of anilines is 1. The number of amides is 2. The van der Waals surface area contributed by atoms with Gasteiger partial charge in [-0.25, -0.2) is 19.3 Å². The van der Waals surface area contributed by atoms with Gasteiger partial charge in [0.25, 0.3) is 11.8 Å². The maximum absolute atomic E-state index is 13.0. The smallest absolute Gasteiger partial charge is 0.257 e. The molecule has 9 heteroatoms. The Kier molecular flexibility index (Phi) is 6.58. The second-order valence-electron chi connectivity index (χ2n) is 8.06. The molecule has 1 aliphatic heterocycles. The van der Waals surface area contributed by atoms with Crippen molar-refractivity contribution < 1.29 is 14.0 Å². The lowest BCUT2D eigenvalue weighted by atomic mass is 9.96. The van der Waals surface area contributed by atoms with Gasteiger partial charge in [-0.3, -0.25) is 9.59 Å². The van der Waals surface area contributed by atoms with Crippen LogP contribution in [0.5, 0.6) is 0 Å². The Bertz CT molecular complexity index is 1170. The van der Waals surface area contributed by atoms with Crippen LogP contribution in [0.2, 0.25) is 0 Å². The molecule has 0 saturated carbocycles. The molecule has 0 unspecified atom stereocenters. The van der Waals surface area contributed by atoms with Crippen molar-refractivity contribution in [2.75, 3.05) is 18.8 Å². The quantitative estimate of drug-likeness (QED) is 0.620. The molecule has 0 aliphatic carbocycles. The molecule has 8 nitrogen and oxygen atoms in total. The lowest BCUT2D eigenvalue weighted by Crippen LogP contribution is -2.40. The Morgan fingerprint density at radius 1 is 1.18 bits per heavy atom. The van der Waals surface area contributed by atoms with Crippen LogP contribution in [0.4, 0.5) is 10.2 Å². The van der Waals surface area contributed by atoms with Gasteiger partial charge in [-0.2, -0.15) is 0 Å². The first-order valence-electron chi connectivity index (χ1n) is 10.8. The zero-order chi connectivity index (χ0) is 23.4. The molecular formula is C24H25FN6O2. The standard InChI is InChI=1S/C24H25FN6O2/c1-15-20(23(32)29-12-16-6-8-18(25)9-7-16)13-28-22(30-15)17-4-3-11-31(14-17)24(33)19-5-2-10-27-21(19)26/h2,5-10,13,17H,3-4,11-12,14H2,1H3,(H2,26,27)(H,29,32)/t17-/m0/s1. The van der Waals surface area contributed by atoms with E-state index in [1.807, 2.05) is 0 Å². The highest BCUT2D eigenvalue weighted by Crippen LogP contribution is 2.26. The van der Waals surface area contributed by atoms with Gasteiger partial charge in [-0.05, 0) is 49.6 Å².